The molecule has 0 aliphatic rings. The zero-order chi connectivity index (χ0) is 29.3. The molecule has 0 radical (unpaired) electrons. The van der Waals surface area contributed by atoms with Gasteiger partial charge in [-0.25, -0.2) is 0 Å². The van der Waals surface area contributed by atoms with Crippen molar-refractivity contribution < 1.29 is 42.6 Å². The van der Waals surface area contributed by atoms with Crippen LogP contribution < -0.4 is 17.2 Å². The van der Waals surface area contributed by atoms with Crippen LogP contribution in [0.25, 0.3) is 0 Å². The molecule has 39 heavy (non-hydrogen) atoms. The Balaban J connectivity index is 4.17. The van der Waals surface area contributed by atoms with Gasteiger partial charge < -0.3 is 59.8 Å². The van der Waals surface area contributed by atoms with Crippen molar-refractivity contribution in [1.29, 1.82) is 0 Å². The van der Waals surface area contributed by atoms with Gasteiger partial charge in [0.25, 0.3) is 0 Å². The molecule has 0 spiro atoms. The lowest BCUT2D eigenvalue weighted by atomic mass is 10.4. The van der Waals surface area contributed by atoms with Crippen LogP contribution in [0.5, 0.6) is 0 Å². The van der Waals surface area contributed by atoms with Crippen molar-refractivity contribution >= 4 is 0 Å². The SMILES string of the molecule is CC(N)COC(C)COCCOCC(COCCOCC(C)OCC(C)N)OCCOCC(C)OCC(C)N. The molecule has 0 rings (SSSR count). The summed E-state index contributed by atoms with van der Waals surface area (Å²) in [6.07, 6.45) is -0.319. The van der Waals surface area contributed by atoms with Gasteiger partial charge in [0, 0.05) is 18.1 Å². The van der Waals surface area contributed by atoms with Crippen molar-refractivity contribution in [2.75, 3.05) is 92.5 Å². The van der Waals surface area contributed by atoms with Crippen molar-refractivity contribution in [3.8, 4) is 0 Å². The van der Waals surface area contributed by atoms with Gasteiger partial charge in [0.05, 0.1) is 111 Å². The number of hydrogen-bond acceptors (Lipinski definition) is 12. The van der Waals surface area contributed by atoms with Crippen LogP contribution in [0.2, 0.25) is 0 Å². The van der Waals surface area contributed by atoms with Gasteiger partial charge in [-0.05, 0) is 41.5 Å². The lowest BCUT2D eigenvalue weighted by Crippen LogP contribution is -2.30. The fraction of sp³-hybridized carbons (Fsp3) is 1.00. The van der Waals surface area contributed by atoms with Crippen LogP contribution in [0.15, 0.2) is 0 Å². The summed E-state index contributed by atoms with van der Waals surface area (Å²) in [6.45, 7) is 17.9. The van der Waals surface area contributed by atoms with E-state index in [0.29, 0.717) is 92.5 Å². The van der Waals surface area contributed by atoms with Gasteiger partial charge in [-0.15, -0.1) is 0 Å². The molecule has 6 unspecified atom stereocenters. The highest BCUT2D eigenvalue weighted by molar-refractivity contribution is 4.58. The third kappa shape index (κ3) is 28.8. The van der Waals surface area contributed by atoms with E-state index in [4.69, 9.17) is 59.8 Å². The van der Waals surface area contributed by atoms with E-state index in [1.165, 1.54) is 0 Å². The van der Waals surface area contributed by atoms with Crippen LogP contribution in [-0.4, -0.2) is 135 Å². The van der Waals surface area contributed by atoms with Gasteiger partial charge in [0.1, 0.15) is 6.10 Å². The van der Waals surface area contributed by atoms with Crippen LogP contribution >= 0.6 is 0 Å². The third-order valence-electron chi connectivity index (χ3n) is 4.92. The van der Waals surface area contributed by atoms with Crippen molar-refractivity contribution in [2.45, 2.75) is 84.1 Å². The smallest absolute Gasteiger partial charge is 0.104 e. The van der Waals surface area contributed by atoms with Crippen LogP contribution in [-0.2, 0) is 42.6 Å². The second kappa shape index (κ2) is 26.4. The molecular weight excluding hydrogens is 510 g/mol. The molecule has 6 N–H and O–H groups in total. The van der Waals surface area contributed by atoms with Gasteiger partial charge in [0.15, 0.2) is 0 Å². The first-order chi connectivity index (χ1) is 18.6. The average molecular weight is 570 g/mol. The zero-order valence-corrected chi connectivity index (χ0v) is 25.3. The Labute approximate surface area is 236 Å². The van der Waals surface area contributed by atoms with Gasteiger partial charge in [0.2, 0.25) is 0 Å². The predicted octanol–water partition coefficient (Wildman–Crippen LogP) is 0.712. The van der Waals surface area contributed by atoms with E-state index in [2.05, 4.69) is 0 Å². The van der Waals surface area contributed by atoms with Crippen LogP contribution in [0.3, 0.4) is 0 Å². The minimum absolute atomic E-state index is 0.000708. The molecule has 0 amide bonds. The Bertz CT molecular complexity index is 489. The Morgan fingerprint density at radius 2 is 0.641 bits per heavy atom. The Kier molecular flexibility index (Phi) is 26.1. The summed E-state index contributed by atoms with van der Waals surface area (Å²) in [5.74, 6) is 0. The highest BCUT2D eigenvalue weighted by Gasteiger charge is 2.12. The van der Waals surface area contributed by atoms with Crippen molar-refractivity contribution in [1.82, 2.24) is 0 Å². The summed E-state index contributed by atoms with van der Waals surface area (Å²) in [6, 6.07) is 0.0126. The Morgan fingerprint density at radius 1 is 0.359 bits per heavy atom. The topological polar surface area (TPSA) is 161 Å². The fourth-order valence-corrected chi connectivity index (χ4v) is 2.92. The normalized spacial score (nSPS) is 17.5. The minimum Gasteiger partial charge on any atom is -0.376 e. The molecule has 12 nitrogen and oxygen atoms in total. The number of rotatable bonds is 29. The molecule has 0 bridgehead atoms. The number of nitrogens with two attached hydrogens (primary N) is 3. The number of hydrogen-bond donors (Lipinski definition) is 3. The van der Waals surface area contributed by atoms with Gasteiger partial charge in [-0.3, -0.25) is 0 Å². The molecule has 6 atom stereocenters. The molecule has 0 aromatic heterocycles. The standard InChI is InChI=1S/C27H59N3O9/c1-21(28)13-37-24(4)16-31-7-9-34-19-27(36-12-11-33-18-26(6)39-15-23(3)30)20-35-10-8-32-17-25(5)38-14-22(2)29/h21-27H,7-20,28-30H2,1-6H3. The third-order valence-corrected chi connectivity index (χ3v) is 4.92. The lowest BCUT2D eigenvalue weighted by molar-refractivity contribution is -0.0930. The van der Waals surface area contributed by atoms with E-state index in [-0.39, 0.29) is 42.5 Å². The molecule has 236 valence electrons. The van der Waals surface area contributed by atoms with E-state index in [1.54, 1.807) is 0 Å². The zero-order valence-electron chi connectivity index (χ0n) is 25.3. The van der Waals surface area contributed by atoms with Crippen LogP contribution in [0, 0.1) is 0 Å². The molecule has 0 saturated carbocycles. The maximum Gasteiger partial charge on any atom is 0.104 e. The first kappa shape index (κ1) is 38.5. The van der Waals surface area contributed by atoms with E-state index in [9.17, 15) is 0 Å². The molecular formula is C27H59N3O9. The van der Waals surface area contributed by atoms with Crippen molar-refractivity contribution in [2.24, 2.45) is 17.2 Å². The van der Waals surface area contributed by atoms with Gasteiger partial charge in [-0.2, -0.15) is 0 Å². The second-order valence-electron chi connectivity index (χ2n) is 10.2. The maximum atomic E-state index is 5.94. The van der Waals surface area contributed by atoms with Gasteiger partial charge >= 0.3 is 0 Å². The molecule has 0 aliphatic heterocycles. The van der Waals surface area contributed by atoms with Crippen LogP contribution in [0.4, 0.5) is 0 Å². The summed E-state index contributed by atoms with van der Waals surface area (Å²) < 4.78 is 51.1. The predicted molar refractivity (Wildman–Crippen MR) is 151 cm³/mol. The second-order valence-corrected chi connectivity index (χ2v) is 10.2. The van der Waals surface area contributed by atoms with Crippen molar-refractivity contribution in [3.63, 3.8) is 0 Å². The largest absolute Gasteiger partial charge is 0.376 e. The first-order valence-corrected chi connectivity index (χ1v) is 14.2. The molecule has 12 heteroatoms. The Morgan fingerprint density at radius 3 is 0.949 bits per heavy atom. The molecule has 0 aromatic carbocycles. The Hall–Kier alpha value is -0.480. The van der Waals surface area contributed by atoms with E-state index < -0.39 is 0 Å². The summed E-state index contributed by atoms with van der Waals surface area (Å²) in [5.41, 5.74) is 17.1. The van der Waals surface area contributed by atoms with E-state index in [1.807, 2.05) is 41.5 Å². The summed E-state index contributed by atoms with van der Waals surface area (Å²) >= 11 is 0. The minimum atomic E-state index is -0.248. The quantitative estimate of drug-likeness (QED) is 0.108. The fourth-order valence-electron chi connectivity index (χ4n) is 2.92. The average Bonchev–Trinajstić information content (AvgIpc) is 2.88. The highest BCUT2D eigenvalue weighted by atomic mass is 16.6. The monoisotopic (exact) mass is 569 g/mol. The van der Waals surface area contributed by atoms with E-state index in [0.717, 1.165) is 0 Å². The lowest BCUT2D eigenvalue weighted by Gasteiger charge is -2.20. The van der Waals surface area contributed by atoms with Crippen molar-refractivity contribution in [3.05, 3.63) is 0 Å². The molecule has 0 heterocycles. The summed E-state index contributed by atoms with van der Waals surface area (Å²) in [4.78, 5) is 0. The molecule has 0 fully saturated rings. The summed E-state index contributed by atoms with van der Waals surface area (Å²) in [7, 11) is 0. The van der Waals surface area contributed by atoms with E-state index >= 15 is 0 Å². The maximum absolute atomic E-state index is 5.94. The molecule has 0 saturated heterocycles. The van der Waals surface area contributed by atoms with Crippen LogP contribution in [0.1, 0.15) is 41.5 Å². The molecule has 0 aromatic rings. The summed E-state index contributed by atoms with van der Waals surface area (Å²) in [5, 5.41) is 0. The molecule has 0 aliphatic carbocycles. The number of ether oxygens (including phenoxy) is 9. The first-order valence-electron chi connectivity index (χ1n) is 14.2. The van der Waals surface area contributed by atoms with Gasteiger partial charge in [-0.1, -0.05) is 0 Å². The highest BCUT2D eigenvalue weighted by Crippen LogP contribution is 2.00.